The number of nitrogens with zero attached hydrogens (tertiary/aromatic N) is 1. The van der Waals surface area contributed by atoms with Crippen molar-refractivity contribution in [3.8, 4) is 0 Å². The minimum absolute atomic E-state index is 0.0342. The molecule has 0 saturated heterocycles. The van der Waals surface area contributed by atoms with Gasteiger partial charge in [0.05, 0.1) is 11.3 Å². The first-order valence-electron chi connectivity index (χ1n) is 5.41. The Bertz CT molecular complexity index is 572. The monoisotopic (exact) mass is 290 g/mol. The molecule has 2 N–H and O–H groups in total. The Hall–Kier alpha value is -1.67. The van der Waals surface area contributed by atoms with Crippen molar-refractivity contribution in [1.82, 2.24) is 4.31 Å². The van der Waals surface area contributed by atoms with Gasteiger partial charge in [0.2, 0.25) is 10.0 Å². The van der Waals surface area contributed by atoms with Crippen molar-refractivity contribution < 1.29 is 22.7 Å². The highest BCUT2D eigenvalue weighted by Gasteiger charge is 2.15. The summed E-state index contributed by atoms with van der Waals surface area (Å²) in [5.41, 5.74) is -0.0508. The molecule has 0 fully saturated rings. The van der Waals surface area contributed by atoms with Gasteiger partial charge in [-0.3, -0.25) is 0 Å². The summed E-state index contributed by atoms with van der Waals surface area (Å²) in [7, 11) is -0.535. The molecule has 6 nitrogen and oxygen atoms in total. The van der Waals surface area contributed by atoms with E-state index in [0.717, 1.165) is 16.4 Å². The number of rotatable bonds is 6. The molecule has 0 spiro atoms. The van der Waals surface area contributed by atoms with Crippen molar-refractivity contribution in [2.24, 2.45) is 0 Å². The summed E-state index contributed by atoms with van der Waals surface area (Å²) in [6.45, 7) is 0.0342. The first kappa shape index (κ1) is 15.4. The van der Waals surface area contributed by atoms with Crippen LogP contribution in [0.3, 0.4) is 0 Å². The zero-order valence-corrected chi connectivity index (χ0v) is 11.4. The van der Waals surface area contributed by atoms with Crippen LogP contribution in [0, 0.1) is 5.82 Å². The van der Waals surface area contributed by atoms with E-state index in [2.05, 4.69) is 5.32 Å². The Morgan fingerprint density at radius 1 is 1.42 bits per heavy atom. The number of carbonyl (C=O) groups is 1. The summed E-state index contributed by atoms with van der Waals surface area (Å²) in [6.07, 6.45) is 0. The van der Waals surface area contributed by atoms with E-state index >= 15 is 0 Å². The largest absolute Gasteiger partial charge is 0.478 e. The van der Waals surface area contributed by atoms with Gasteiger partial charge in [-0.25, -0.2) is 21.9 Å². The molecule has 0 aliphatic rings. The molecular weight excluding hydrogens is 275 g/mol. The van der Waals surface area contributed by atoms with Crippen molar-refractivity contribution in [1.29, 1.82) is 0 Å². The zero-order valence-electron chi connectivity index (χ0n) is 10.6. The molecule has 1 rings (SSSR count). The van der Waals surface area contributed by atoms with Crippen LogP contribution in [-0.4, -0.2) is 50.2 Å². The van der Waals surface area contributed by atoms with Gasteiger partial charge in [-0.2, -0.15) is 0 Å². The molecule has 1 aromatic carbocycles. The van der Waals surface area contributed by atoms with Gasteiger partial charge in [-0.15, -0.1) is 0 Å². The predicted molar refractivity (Wildman–Crippen MR) is 69.3 cm³/mol. The van der Waals surface area contributed by atoms with Gasteiger partial charge in [-0.05, 0) is 18.2 Å². The summed E-state index contributed by atoms with van der Waals surface area (Å²) in [5, 5.41) is 11.6. The summed E-state index contributed by atoms with van der Waals surface area (Å²) >= 11 is 0. The van der Waals surface area contributed by atoms with Crippen LogP contribution >= 0.6 is 0 Å². The second kappa shape index (κ2) is 5.98. The molecule has 1 aromatic rings. The number of hydrogen-bond donors (Lipinski definition) is 2. The Morgan fingerprint density at radius 3 is 2.58 bits per heavy atom. The lowest BCUT2D eigenvalue weighted by molar-refractivity contribution is 0.0697. The fraction of sp³-hybridized carbons (Fsp3) is 0.364. The van der Waals surface area contributed by atoms with E-state index in [9.17, 15) is 17.6 Å². The highest BCUT2D eigenvalue weighted by molar-refractivity contribution is 7.89. The van der Waals surface area contributed by atoms with Crippen molar-refractivity contribution in [3.05, 3.63) is 29.6 Å². The highest BCUT2D eigenvalue weighted by atomic mass is 32.2. The molecule has 0 aliphatic carbocycles. The van der Waals surface area contributed by atoms with Gasteiger partial charge in [0.15, 0.2) is 0 Å². The first-order valence-corrected chi connectivity index (χ1v) is 7.02. The quantitative estimate of drug-likeness (QED) is 0.810. The fourth-order valence-electron chi connectivity index (χ4n) is 1.34. The minimum Gasteiger partial charge on any atom is -0.478 e. The zero-order chi connectivity index (χ0) is 14.6. The molecule has 0 amide bonds. The molecule has 8 heteroatoms. The van der Waals surface area contributed by atoms with Crippen LogP contribution < -0.4 is 5.32 Å². The van der Waals surface area contributed by atoms with Crippen molar-refractivity contribution >= 4 is 21.7 Å². The maximum absolute atomic E-state index is 12.9. The number of anilines is 1. The maximum atomic E-state index is 12.9. The molecule has 0 bridgehead atoms. The second-order valence-corrected chi connectivity index (χ2v) is 6.32. The van der Waals surface area contributed by atoms with Crippen LogP contribution in [-0.2, 0) is 10.0 Å². The van der Waals surface area contributed by atoms with E-state index in [1.807, 2.05) is 0 Å². The third-order valence-corrected chi connectivity index (χ3v) is 4.28. The highest BCUT2D eigenvalue weighted by Crippen LogP contribution is 2.16. The summed E-state index contributed by atoms with van der Waals surface area (Å²) in [6, 6.07) is 3.25. The minimum atomic E-state index is -3.36. The van der Waals surface area contributed by atoms with Gasteiger partial charge in [0.25, 0.3) is 0 Å². The summed E-state index contributed by atoms with van der Waals surface area (Å²) in [4.78, 5) is 10.9. The molecule has 0 saturated carbocycles. The van der Waals surface area contributed by atoms with Crippen molar-refractivity contribution in [2.45, 2.75) is 0 Å². The fourth-order valence-corrected chi connectivity index (χ4v) is 2.07. The standard InChI is InChI=1S/C11H15FN2O4S/c1-14(2)19(17,18)6-5-13-10-4-3-8(12)7-9(10)11(15)16/h3-4,7,13H,5-6H2,1-2H3,(H,15,16). The Labute approximate surface area is 110 Å². The average molecular weight is 290 g/mol. The summed E-state index contributed by atoms with van der Waals surface area (Å²) < 4.78 is 37.0. The lowest BCUT2D eigenvalue weighted by atomic mass is 10.1. The molecule has 0 atom stereocenters. The number of hydrogen-bond acceptors (Lipinski definition) is 4. The van der Waals surface area contributed by atoms with Crippen molar-refractivity contribution in [3.63, 3.8) is 0 Å². The molecule has 0 heterocycles. The van der Waals surface area contributed by atoms with Crippen LogP contribution in [0.15, 0.2) is 18.2 Å². The number of carboxylic acid groups (broad SMARTS) is 1. The number of nitrogens with one attached hydrogen (secondary N) is 1. The van der Waals surface area contributed by atoms with Gasteiger partial charge >= 0.3 is 5.97 Å². The summed E-state index contributed by atoms with van der Waals surface area (Å²) in [5.74, 6) is -2.13. The molecular formula is C11H15FN2O4S. The van der Waals surface area contributed by atoms with Gasteiger partial charge in [-0.1, -0.05) is 0 Å². The van der Waals surface area contributed by atoms with E-state index in [-0.39, 0.29) is 23.5 Å². The number of halogens is 1. The Morgan fingerprint density at radius 2 is 2.05 bits per heavy atom. The lowest BCUT2D eigenvalue weighted by Crippen LogP contribution is -2.28. The van der Waals surface area contributed by atoms with Crippen LogP contribution in [0.5, 0.6) is 0 Å². The molecule has 19 heavy (non-hydrogen) atoms. The normalized spacial score (nSPS) is 11.6. The molecule has 106 valence electrons. The first-order chi connectivity index (χ1) is 8.74. The van der Waals surface area contributed by atoms with E-state index in [0.29, 0.717) is 0 Å². The number of aromatic carboxylic acids is 1. The molecule has 0 radical (unpaired) electrons. The van der Waals surface area contributed by atoms with Crippen LogP contribution in [0.1, 0.15) is 10.4 Å². The Kier molecular flexibility index (Phi) is 4.84. The number of sulfonamides is 1. The molecule has 0 unspecified atom stereocenters. The van der Waals surface area contributed by atoms with Gasteiger partial charge in [0, 0.05) is 26.3 Å². The third kappa shape index (κ3) is 4.18. The van der Waals surface area contributed by atoms with E-state index in [1.54, 1.807) is 0 Å². The molecule has 0 aromatic heterocycles. The number of carboxylic acids is 1. The topological polar surface area (TPSA) is 86.7 Å². The lowest BCUT2D eigenvalue weighted by Gasteiger charge is -2.13. The molecule has 0 aliphatic heterocycles. The maximum Gasteiger partial charge on any atom is 0.337 e. The van der Waals surface area contributed by atoms with E-state index < -0.39 is 21.8 Å². The van der Waals surface area contributed by atoms with E-state index in [4.69, 9.17) is 5.11 Å². The Balaban J connectivity index is 2.77. The third-order valence-electron chi connectivity index (χ3n) is 2.44. The average Bonchev–Trinajstić information content (AvgIpc) is 2.30. The SMILES string of the molecule is CN(C)S(=O)(=O)CCNc1ccc(F)cc1C(=O)O. The van der Waals surface area contributed by atoms with Crippen molar-refractivity contribution in [2.75, 3.05) is 31.7 Å². The second-order valence-electron chi connectivity index (χ2n) is 4.02. The number of benzene rings is 1. The van der Waals surface area contributed by atoms with Crippen LogP contribution in [0.4, 0.5) is 10.1 Å². The van der Waals surface area contributed by atoms with Gasteiger partial charge in [0.1, 0.15) is 5.82 Å². The van der Waals surface area contributed by atoms with Crippen LogP contribution in [0.2, 0.25) is 0 Å². The van der Waals surface area contributed by atoms with Crippen LogP contribution in [0.25, 0.3) is 0 Å². The smallest absolute Gasteiger partial charge is 0.337 e. The predicted octanol–water partition coefficient (Wildman–Crippen LogP) is 0.827. The van der Waals surface area contributed by atoms with Gasteiger partial charge < -0.3 is 10.4 Å². The van der Waals surface area contributed by atoms with E-state index in [1.165, 1.54) is 20.2 Å².